The van der Waals surface area contributed by atoms with Crippen LogP contribution in [0.1, 0.15) is 47.9 Å². The summed E-state index contributed by atoms with van der Waals surface area (Å²) in [7, 11) is -3.49. The average Bonchev–Trinajstić information content (AvgIpc) is 3.25. The van der Waals surface area contributed by atoms with Crippen molar-refractivity contribution in [3.63, 3.8) is 0 Å². The Labute approximate surface area is 165 Å². The number of hydrogen-bond donors (Lipinski definition) is 2. The molecule has 28 heavy (non-hydrogen) atoms. The van der Waals surface area contributed by atoms with Gasteiger partial charge in [-0.3, -0.25) is 9.89 Å². The van der Waals surface area contributed by atoms with Crippen molar-refractivity contribution >= 4 is 15.9 Å². The highest BCUT2D eigenvalue weighted by atomic mass is 32.2. The zero-order valence-corrected chi connectivity index (χ0v) is 17.2. The van der Waals surface area contributed by atoms with Crippen molar-refractivity contribution in [3.05, 3.63) is 47.3 Å². The van der Waals surface area contributed by atoms with E-state index in [-0.39, 0.29) is 23.8 Å². The van der Waals surface area contributed by atoms with Crippen LogP contribution in [0.25, 0.3) is 0 Å². The summed E-state index contributed by atoms with van der Waals surface area (Å²) in [6.45, 7) is 6.97. The van der Waals surface area contributed by atoms with Gasteiger partial charge in [0.25, 0.3) is 5.91 Å². The first-order valence-electron chi connectivity index (χ1n) is 9.68. The van der Waals surface area contributed by atoms with Gasteiger partial charge in [0.2, 0.25) is 10.0 Å². The molecule has 1 amide bonds. The highest BCUT2D eigenvalue weighted by Crippen LogP contribution is 2.42. The van der Waals surface area contributed by atoms with Crippen molar-refractivity contribution in [1.82, 2.24) is 19.8 Å². The highest BCUT2D eigenvalue weighted by molar-refractivity contribution is 7.89. The first-order valence-corrected chi connectivity index (χ1v) is 11.1. The SMILES string of the molecule is Cc1ccc(S(=O)(=O)N2C[C@H]3C[C@H](NC(=O)c4cc(C(C)C)[nH]n4)[C@H]3C2)cc1. The van der Waals surface area contributed by atoms with Gasteiger partial charge in [0, 0.05) is 24.8 Å². The highest BCUT2D eigenvalue weighted by Gasteiger charge is 2.50. The molecule has 1 aromatic heterocycles. The molecule has 2 N–H and O–H groups in total. The van der Waals surface area contributed by atoms with E-state index in [9.17, 15) is 13.2 Å². The minimum atomic E-state index is -3.49. The number of carbonyl (C=O) groups is 1. The zero-order chi connectivity index (χ0) is 20.1. The second kappa shape index (κ2) is 7.00. The fourth-order valence-electron chi connectivity index (χ4n) is 4.08. The van der Waals surface area contributed by atoms with Crippen LogP contribution in [0.4, 0.5) is 0 Å². The topological polar surface area (TPSA) is 95.2 Å². The molecule has 0 unspecified atom stereocenters. The fourth-order valence-corrected chi connectivity index (χ4v) is 5.61. The molecular formula is C20H26N4O3S. The molecule has 150 valence electrons. The van der Waals surface area contributed by atoms with E-state index in [0.29, 0.717) is 29.6 Å². The van der Waals surface area contributed by atoms with E-state index in [1.165, 1.54) is 0 Å². The standard InChI is InChI=1S/C20H26N4O3S/c1-12(2)17-9-19(23-22-17)20(25)21-18-8-14-10-24(11-16(14)18)28(26,27)15-6-4-13(3)5-7-15/h4-7,9,12,14,16,18H,8,10-11H2,1-3H3,(H,21,25)(H,22,23)/t14-,16+,18+/m1/s1. The second-order valence-electron chi connectivity index (χ2n) is 8.24. The lowest BCUT2D eigenvalue weighted by Gasteiger charge is -2.39. The Morgan fingerprint density at radius 1 is 1.25 bits per heavy atom. The van der Waals surface area contributed by atoms with E-state index < -0.39 is 10.0 Å². The minimum Gasteiger partial charge on any atom is -0.348 e. The molecule has 1 aromatic carbocycles. The summed E-state index contributed by atoms with van der Waals surface area (Å²) in [5.74, 6) is 0.535. The molecular weight excluding hydrogens is 376 g/mol. The van der Waals surface area contributed by atoms with Crippen molar-refractivity contribution in [2.24, 2.45) is 11.8 Å². The van der Waals surface area contributed by atoms with Gasteiger partial charge in [0.1, 0.15) is 5.69 Å². The van der Waals surface area contributed by atoms with Crippen LogP contribution >= 0.6 is 0 Å². The van der Waals surface area contributed by atoms with Crippen LogP contribution in [0, 0.1) is 18.8 Å². The maximum atomic E-state index is 12.9. The summed E-state index contributed by atoms with van der Waals surface area (Å²) in [6.07, 6.45) is 0.803. The number of H-pyrrole nitrogens is 1. The smallest absolute Gasteiger partial charge is 0.272 e. The van der Waals surface area contributed by atoms with Crippen LogP contribution in [0.2, 0.25) is 0 Å². The number of fused-ring (bicyclic) bond motifs is 1. The number of sulfonamides is 1. The van der Waals surface area contributed by atoms with Crippen LogP contribution < -0.4 is 5.32 Å². The van der Waals surface area contributed by atoms with Gasteiger partial charge in [0.05, 0.1) is 4.90 Å². The van der Waals surface area contributed by atoms with Crippen molar-refractivity contribution < 1.29 is 13.2 Å². The second-order valence-corrected chi connectivity index (χ2v) is 10.2. The van der Waals surface area contributed by atoms with E-state index in [0.717, 1.165) is 17.7 Å². The van der Waals surface area contributed by atoms with E-state index in [1.807, 2.05) is 32.9 Å². The maximum Gasteiger partial charge on any atom is 0.272 e. The third kappa shape index (κ3) is 3.35. The lowest BCUT2D eigenvalue weighted by Crippen LogP contribution is -2.52. The predicted octanol–water partition coefficient (Wildman–Crippen LogP) is 2.28. The minimum absolute atomic E-state index is 0.00471. The molecule has 4 rings (SSSR count). The van der Waals surface area contributed by atoms with Gasteiger partial charge in [-0.25, -0.2) is 8.42 Å². The Balaban J connectivity index is 1.40. The molecule has 7 nitrogen and oxygen atoms in total. The van der Waals surface area contributed by atoms with E-state index in [1.54, 1.807) is 22.5 Å². The number of hydrogen-bond acceptors (Lipinski definition) is 4. The Morgan fingerprint density at radius 3 is 2.61 bits per heavy atom. The van der Waals surface area contributed by atoms with Gasteiger partial charge in [-0.1, -0.05) is 31.5 Å². The third-order valence-electron chi connectivity index (χ3n) is 5.96. The number of rotatable bonds is 5. The Morgan fingerprint density at radius 2 is 1.96 bits per heavy atom. The molecule has 8 heteroatoms. The molecule has 2 fully saturated rings. The Bertz CT molecular complexity index is 981. The zero-order valence-electron chi connectivity index (χ0n) is 16.3. The van der Waals surface area contributed by atoms with Crippen LogP contribution in [0.3, 0.4) is 0 Å². The molecule has 2 aliphatic rings. The molecule has 2 heterocycles. The van der Waals surface area contributed by atoms with Crippen LogP contribution in [-0.2, 0) is 10.0 Å². The molecule has 0 bridgehead atoms. The molecule has 1 aliphatic carbocycles. The van der Waals surface area contributed by atoms with Crippen molar-refractivity contribution in [3.8, 4) is 0 Å². The van der Waals surface area contributed by atoms with Gasteiger partial charge in [-0.05, 0) is 49.3 Å². The molecule has 0 spiro atoms. The van der Waals surface area contributed by atoms with Crippen molar-refractivity contribution in [1.29, 1.82) is 0 Å². The van der Waals surface area contributed by atoms with Gasteiger partial charge < -0.3 is 5.32 Å². The first kappa shape index (κ1) is 19.1. The fraction of sp³-hybridized carbons (Fsp3) is 0.500. The number of amides is 1. The van der Waals surface area contributed by atoms with Crippen LogP contribution in [-0.4, -0.2) is 48.0 Å². The van der Waals surface area contributed by atoms with Crippen LogP contribution in [0.15, 0.2) is 35.2 Å². The first-order chi connectivity index (χ1) is 13.3. The lowest BCUT2D eigenvalue weighted by atomic mass is 9.71. The Hall–Kier alpha value is -2.19. The average molecular weight is 403 g/mol. The van der Waals surface area contributed by atoms with E-state index >= 15 is 0 Å². The predicted molar refractivity (Wildman–Crippen MR) is 105 cm³/mol. The van der Waals surface area contributed by atoms with Gasteiger partial charge >= 0.3 is 0 Å². The number of benzene rings is 1. The maximum absolute atomic E-state index is 12.9. The summed E-state index contributed by atoms with van der Waals surface area (Å²) in [6, 6.07) is 8.72. The number of aromatic amines is 1. The number of carbonyl (C=O) groups excluding carboxylic acids is 1. The molecule has 1 saturated heterocycles. The summed E-state index contributed by atoms with van der Waals surface area (Å²) in [4.78, 5) is 12.8. The molecule has 3 atom stereocenters. The summed E-state index contributed by atoms with van der Waals surface area (Å²) >= 11 is 0. The number of aromatic nitrogens is 2. The van der Waals surface area contributed by atoms with Crippen LogP contribution in [0.5, 0.6) is 0 Å². The molecule has 1 saturated carbocycles. The number of nitrogens with zero attached hydrogens (tertiary/aromatic N) is 2. The van der Waals surface area contributed by atoms with E-state index in [4.69, 9.17) is 0 Å². The summed E-state index contributed by atoms with van der Waals surface area (Å²) in [5.41, 5.74) is 2.34. The Kier molecular flexibility index (Phi) is 4.79. The van der Waals surface area contributed by atoms with Gasteiger partial charge in [-0.2, -0.15) is 9.40 Å². The molecule has 1 aliphatic heterocycles. The van der Waals surface area contributed by atoms with Gasteiger partial charge in [0.15, 0.2) is 0 Å². The monoisotopic (exact) mass is 402 g/mol. The summed E-state index contributed by atoms with van der Waals surface area (Å²) in [5, 5.41) is 10.0. The van der Waals surface area contributed by atoms with E-state index in [2.05, 4.69) is 15.5 Å². The lowest BCUT2D eigenvalue weighted by molar-refractivity contribution is 0.0827. The van der Waals surface area contributed by atoms with Gasteiger partial charge in [-0.15, -0.1) is 0 Å². The van der Waals surface area contributed by atoms with Crippen molar-refractivity contribution in [2.45, 2.75) is 44.0 Å². The quantitative estimate of drug-likeness (QED) is 0.802. The molecule has 2 aromatic rings. The number of nitrogens with one attached hydrogen (secondary N) is 2. The summed E-state index contributed by atoms with van der Waals surface area (Å²) < 4.78 is 27.4. The largest absolute Gasteiger partial charge is 0.348 e. The third-order valence-corrected chi connectivity index (χ3v) is 7.81. The molecule has 0 radical (unpaired) electrons. The van der Waals surface area contributed by atoms with Crippen molar-refractivity contribution in [2.75, 3.05) is 13.1 Å². The normalized spacial score (nSPS) is 24.8. The number of aryl methyl sites for hydroxylation is 1.